The number of nitrogens with zero attached hydrogens (tertiary/aromatic N) is 1. The van der Waals surface area contributed by atoms with Gasteiger partial charge in [0.1, 0.15) is 23.9 Å². The molecule has 1 saturated heterocycles. The Morgan fingerprint density at radius 2 is 1.79 bits per heavy atom. The van der Waals surface area contributed by atoms with E-state index in [9.17, 15) is 9.90 Å². The minimum absolute atomic E-state index is 0.0661. The number of likely N-dealkylation sites (tertiary alicyclic amines) is 1. The van der Waals surface area contributed by atoms with Crippen LogP contribution in [0.4, 0.5) is 4.79 Å². The molecule has 2 unspecified atom stereocenters. The molecule has 42 heavy (non-hydrogen) atoms. The van der Waals surface area contributed by atoms with Crippen LogP contribution in [-0.4, -0.2) is 68.8 Å². The first-order chi connectivity index (χ1) is 20.5. The zero-order valence-corrected chi connectivity index (χ0v) is 24.5. The Morgan fingerprint density at radius 1 is 0.976 bits per heavy atom. The quantitative estimate of drug-likeness (QED) is 0.231. The monoisotopic (exact) mass is 578 g/mol. The molecule has 0 saturated carbocycles. The highest BCUT2D eigenvalue weighted by molar-refractivity contribution is 5.65. The van der Waals surface area contributed by atoms with Gasteiger partial charge in [0.2, 0.25) is 0 Å². The number of methoxy groups -OCH3 is 1. The van der Waals surface area contributed by atoms with Crippen LogP contribution in [0.1, 0.15) is 41.0 Å². The second-order valence-corrected chi connectivity index (χ2v) is 10.3. The Balaban J connectivity index is 1.29. The third-order valence-corrected chi connectivity index (χ3v) is 7.38. The first kappa shape index (κ1) is 31.2. The van der Waals surface area contributed by atoms with Crippen molar-refractivity contribution in [3.8, 4) is 17.2 Å². The van der Waals surface area contributed by atoms with Crippen molar-refractivity contribution >= 4 is 6.09 Å². The summed E-state index contributed by atoms with van der Waals surface area (Å²) in [5.74, 6) is 2.46. The number of nitrogens with two attached hydrogens (primary N) is 1. The molecule has 1 fully saturated rings. The molecule has 0 spiro atoms. The summed E-state index contributed by atoms with van der Waals surface area (Å²) < 4.78 is 29.2. The predicted octanol–water partition coefficient (Wildman–Crippen LogP) is 5.38. The normalized spacial score (nSPS) is 16.7. The van der Waals surface area contributed by atoms with E-state index < -0.39 is 6.09 Å². The lowest BCUT2D eigenvalue weighted by molar-refractivity contribution is -0.0200. The second kappa shape index (κ2) is 16.0. The fourth-order valence-corrected chi connectivity index (χ4v) is 5.07. The average molecular weight is 579 g/mol. The van der Waals surface area contributed by atoms with Crippen LogP contribution in [0.2, 0.25) is 0 Å². The summed E-state index contributed by atoms with van der Waals surface area (Å²) >= 11 is 0. The zero-order chi connectivity index (χ0) is 29.7. The van der Waals surface area contributed by atoms with E-state index >= 15 is 0 Å². The molecule has 9 nitrogen and oxygen atoms in total. The highest BCUT2D eigenvalue weighted by Gasteiger charge is 2.33. The highest BCUT2D eigenvalue weighted by Crippen LogP contribution is 2.32. The first-order valence-corrected chi connectivity index (χ1v) is 14.4. The maximum Gasteiger partial charge on any atom is 0.407 e. The number of carbonyl (C=O) groups is 1. The third kappa shape index (κ3) is 8.85. The van der Waals surface area contributed by atoms with Crippen LogP contribution in [0.3, 0.4) is 0 Å². The van der Waals surface area contributed by atoms with Crippen LogP contribution in [-0.2, 0) is 22.7 Å². The Hall–Kier alpha value is -3.79. The Labute approximate surface area is 248 Å². The smallest absolute Gasteiger partial charge is 0.407 e. The van der Waals surface area contributed by atoms with Crippen LogP contribution in [0, 0.1) is 6.92 Å². The molecular weight excluding hydrogens is 536 g/mol. The average Bonchev–Trinajstić information content (AvgIpc) is 3.02. The fourth-order valence-electron chi connectivity index (χ4n) is 5.07. The van der Waals surface area contributed by atoms with Gasteiger partial charge in [0, 0.05) is 31.0 Å². The van der Waals surface area contributed by atoms with Gasteiger partial charge in [-0.15, -0.1) is 0 Å². The van der Waals surface area contributed by atoms with E-state index in [4.69, 9.17) is 29.4 Å². The fraction of sp³-hybridized carbons (Fsp3) is 0.424. The van der Waals surface area contributed by atoms with Crippen LogP contribution < -0.4 is 19.9 Å². The van der Waals surface area contributed by atoms with Gasteiger partial charge >= 0.3 is 6.09 Å². The number of aryl methyl sites for hydroxylation is 1. The number of benzene rings is 3. The van der Waals surface area contributed by atoms with Gasteiger partial charge in [-0.25, -0.2) is 4.79 Å². The van der Waals surface area contributed by atoms with Gasteiger partial charge in [0.05, 0.1) is 46.2 Å². The summed E-state index contributed by atoms with van der Waals surface area (Å²) in [6, 6.07) is 21.8. The van der Waals surface area contributed by atoms with Crippen molar-refractivity contribution in [2.45, 2.75) is 45.0 Å². The van der Waals surface area contributed by atoms with Gasteiger partial charge in [-0.05, 0) is 54.3 Å². The van der Waals surface area contributed by atoms with Crippen LogP contribution in [0.5, 0.6) is 17.2 Å². The molecule has 1 aliphatic rings. The number of carboxylic acid groups (broad SMARTS) is 1. The summed E-state index contributed by atoms with van der Waals surface area (Å²) in [4.78, 5) is 13.2. The number of piperidine rings is 1. The number of para-hydroxylation sites is 1. The van der Waals surface area contributed by atoms with E-state index in [1.165, 1.54) is 4.90 Å². The van der Waals surface area contributed by atoms with Crippen molar-refractivity contribution in [2.24, 2.45) is 5.73 Å². The second-order valence-electron chi connectivity index (χ2n) is 10.3. The Morgan fingerprint density at radius 3 is 2.55 bits per heavy atom. The molecule has 2 atom stereocenters. The molecule has 3 N–H and O–H groups in total. The summed E-state index contributed by atoms with van der Waals surface area (Å²) in [6.45, 7) is 5.64. The lowest BCUT2D eigenvalue weighted by Crippen LogP contribution is -2.46. The Kier molecular flexibility index (Phi) is 11.9. The van der Waals surface area contributed by atoms with Crippen molar-refractivity contribution in [3.63, 3.8) is 0 Å². The Bertz CT molecular complexity index is 1270. The molecule has 9 heteroatoms. The van der Waals surface area contributed by atoms with E-state index in [-0.39, 0.29) is 12.0 Å². The lowest BCUT2D eigenvalue weighted by Gasteiger charge is -2.37. The first-order valence-electron chi connectivity index (χ1n) is 14.4. The van der Waals surface area contributed by atoms with E-state index in [0.29, 0.717) is 59.1 Å². The molecule has 226 valence electrons. The number of hydrogen-bond acceptors (Lipinski definition) is 7. The van der Waals surface area contributed by atoms with Crippen molar-refractivity contribution in [3.05, 3.63) is 89.0 Å². The van der Waals surface area contributed by atoms with Gasteiger partial charge in [-0.1, -0.05) is 42.5 Å². The standard InChI is InChI=1S/C33H42N2O7/c1-24-8-9-25(20-31(24)41-19-15-34)22-42-32-21-35(33(36)37)16-14-29(32)26-10-12-28(13-11-26)40-18-5-17-39-23-27-6-3-4-7-30(27)38-2/h3-4,6-13,20,29,32H,5,14-19,21-23,34H2,1-2H3,(H,36,37). The van der Waals surface area contributed by atoms with E-state index in [1.807, 2.05) is 61.5 Å². The molecule has 1 aliphatic heterocycles. The predicted molar refractivity (Wildman–Crippen MR) is 160 cm³/mol. The highest BCUT2D eigenvalue weighted by atomic mass is 16.5. The number of hydrogen-bond donors (Lipinski definition) is 2. The SMILES string of the molecule is COc1ccccc1COCCCOc1ccc(C2CCN(C(=O)O)CC2OCc2ccc(C)c(OCCN)c2)cc1. The minimum Gasteiger partial charge on any atom is -0.496 e. The molecule has 0 radical (unpaired) electrons. The zero-order valence-electron chi connectivity index (χ0n) is 24.5. The number of amides is 1. The van der Waals surface area contributed by atoms with Crippen LogP contribution in [0.25, 0.3) is 0 Å². The summed E-state index contributed by atoms with van der Waals surface area (Å²) in [5.41, 5.74) is 9.71. The molecule has 1 heterocycles. The lowest BCUT2D eigenvalue weighted by atomic mass is 9.87. The minimum atomic E-state index is -0.925. The number of rotatable bonds is 15. The maximum absolute atomic E-state index is 11.7. The van der Waals surface area contributed by atoms with Gasteiger partial charge < -0.3 is 39.4 Å². The summed E-state index contributed by atoms with van der Waals surface area (Å²) in [7, 11) is 1.66. The van der Waals surface area contributed by atoms with Crippen molar-refractivity contribution in [2.75, 3.05) is 46.6 Å². The van der Waals surface area contributed by atoms with E-state index in [1.54, 1.807) is 7.11 Å². The molecule has 0 aromatic heterocycles. The largest absolute Gasteiger partial charge is 0.496 e. The topological polar surface area (TPSA) is 113 Å². The summed E-state index contributed by atoms with van der Waals surface area (Å²) in [5, 5.41) is 9.61. The molecule has 1 amide bonds. The molecule has 4 rings (SSSR count). The van der Waals surface area contributed by atoms with Crippen LogP contribution in [0.15, 0.2) is 66.7 Å². The van der Waals surface area contributed by atoms with Gasteiger partial charge in [-0.2, -0.15) is 0 Å². The molecular formula is C33H42N2O7. The van der Waals surface area contributed by atoms with E-state index in [0.717, 1.165) is 45.9 Å². The molecule has 3 aromatic rings. The van der Waals surface area contributed by atoms with Gasteiger partial charge in [0.15, 0.2) is 0 Å². The van der Waals surface area contributed by atoms with Crippen molar-refractivity contribution in [1.29, 1.82) is 0 Å². The number of ether oxygens (including phenoxy) is 5. The molecule has 3 aromatic carbocycles. The van der Waals surface area contributed by atoms with Crippen molar-refractivity contribution in [1.82, 2.24) is 4.90 Å². The molecule has 0 bridgehead atoms. The van der Waals surface area contributed by atoms with Crippen LogP contribution >= 0.6 is 0 Å². The maximum atomic E-state index is 11.7. The van der Waals surface area contributed by atoms with Gasteiger partial charge in [0.25, 0.3) is 0 Å². The van der Waals surface area contributed by atoms with Gasteiger partial charge in [-0.3, -0.25) is 0 Å². The summed E-state index contributed by atoms with van der Waals surface area (Å²) in [6.07, 6.45) is 0.236. The van der Waals surface area contributed by atoms with Crippen molar-refractivity contribution < 1.29 is 33.6 Å². The van der Waals surface area contributed by atoms with E-state index in [2.05, 4.69) is 12.1 Å². The molecule has 0 aliphatic carbocycles. The third-order valence-electron chi connectivity index (χ3n) is 7.38.